The summed E-state index contributed by atoms with van der Waals surface area (Å²) in [7, 11) is 0. The van der Waals surface area contributed by atoms with Crippen molar-refractivity contribution >= 4 is 23.4 Å². The summed E-state index contributed by atoms with van der Waals surface area (Å²) in [5.41, 5.74) is 4.79. The minimum Gasteiger partial charge on any atom is -0.244 e. The second-order valence-electron chi connectivity index (χ2n) is 6.31. The summed E-state index contributed by atoms with van der Waals surface area (Å²) in [5, 5.41) is 10.5. The van der Waals surface area contributed by atoms with Crippen molar-refractivity contribution in [1.29, 1.82) is 0 Å². The van der Waals surface area contributed by atoms with Crippen LogP contribution in [0.4, 0.5) is 0 Å². The second kappa shape index (κ2) is 8.04. The molecule has 0 radical (unpaired) electrons. The van der Waals surface area contributed by atoms with Crippen LogP contribution >= 0.6 is 23.4 Å². The van der Waals surface area contributed by atoms with Gasteiger partial charge in [0.25, 0.3) is 0 Å². The molecule has 28 heavy (non-hydrogen) atoms. The van der Waals surface area contributed by atoms with Gasteiger partial charge < -0.3 is 0 Å². The van der Waals surface area contributed by atoms with Gasteiger partial charge in [0, 0.05) is 15.7 Å². The molecule has 140 valence electrons. The number of aryl methyl sites for hydroxylation is 1. The number of tetrazole rings is 1. The van der Waals surface area contributed by atoms with Gasteiger partial charge in [0.1, 0.15) is 0 Å². The minimum atomic E-state index is -0.345. The van der Waals surface area contributed by atoms with Gasteiger partial charge in [0.05, 0.1) is 5.69 Å². The molecule has 0 bridgehead atoms. The highest BCUT2D eigenvalue weighted by Crippen LogP contribution is 2.30. The molecule has 1 aromatic heterocycles. The predicted octanol–water partition coefficient (Wildman–Crippen LogP) is 4.88. The largest absolute Gasteiger partial charge is 0.365 e. The molecule has 0 amide bonds. The van der Waals surface area contributed by atoms with Gasteiger partial charge in [-0.25, -0.2) is 9.89 Å². The third-order valence-corrected chi connectivity index (χ3v) is 5.75. The van der Waals surface area contributed by atoms with Gasteiger partial charge >= 0.3 is 5.69 Å². The lowest BCUT2D eigenvalue weighted by Crippen LogP contribution is -2.17. The molecule has 7 heteroatoms. The fourth-order valence-corrected chi connectivity index (χ4v) is 4.20. The Balaban J connectivity index is 1.56. The number of nitrogens with one attached hydrogen (secondary N) is 1. The first kappa shape index (κ1) is 18.5. The fourth-order valence-electron chi connectivity index (χ4n) is 3.00. The van der Waals surface area contributed by atoms with Gasteiger partial charge in [0.2, 0.25) is 0 Å². The maximum atomic E-state index is 11.9. The van der Waals surface area contributed by atoms with Crippen molar-refractivity contribution in [2.45, 2.75) is 17.6 Å². The number of thioether (sulfide) groups is 1. The smallest absolute Gasteiger partial charge is 0.244 e. The van der Waals surface area contributed by atoms with E-state index in [1.165, 1.54) is 4.68 Å². The van der Waals surface area contributed by atoms with E-state index in [1.54, 1.807) is 11.8 Å². The fraction of sp³-hybridized carbons (Fsp3) is 0.0952. The van der Waals surface area contributed by atoms with Crippen LogP contribution in [0, 0.1) is 6.92 Å². The van der Waals surface area contributed by atoms with E-state index in [-0.39, 0.29) is 5.69 Å². The number of benzene rings is 3. The molecule has 0 aliphatic rings. The Labute approximate surface area is 171 Å². The molecule has 1 N–H and O–H groups in total. The molecule has 0 aliphatic heterocycles. The van der Waals surface area contributed by atoms with Crippen molar-refractivity contribution < 1.29 is 0 Å². The molecule has 4 rings (SSSR count). The Bertz CT molecular complexity index is 1170. The van der Waals surface area contributed by atoms with E-state index in [4.69, 9.17) is 11.6 Å². The van der Waals surface area contributed by atoms with Crippen molar-refractivity contribution in [3.05, 3.63) is 93.4 Å². The van der Waals surface area contributed by atoms with Crippen LogP contribution in [-0.2, 0) is 5.75 Å². The van der Waals surface area contributed by atoms with E-state index in [2.05, 4.69) is 39.8 Å². The number of H-pyrrole nitrogens is 1. The maximum Gasteiger partial charge on any atom is 0.365 e. The van der Waals surface area contributed by atoms with Crippen LogP contribution in [0.15, 0.2) is 76.4 Å². The van der Waals surface area contributed by atoms with Gasteiger partial charge in [0.15, 0.2) is 0 Å². The van der Waals surface area contributed by atoms with Gasteiger partial charge in [-0.15, -0.1) is 11.8 Å². The third-order valence-electron chi connectivity index (χ3n) is 4.48. The molecule has 1 heterocycles. The van der Waals surface area contributed by atoms with Crippen molar-refractivity contribution in [2.75, 3.05) is 0 Å². The number of halogens is 1. The molecule has 0 fully saturated rings. The van der Waals surface area contributed by atoms with E-state index in [0.29, 0.717) is 0 Å². The van der Waals surface area contributed by atoms with Gasteiger partial charge in [-0.2, -0.15) is 4.68 Å². The Morgan fingerprint density at radius 2 is 1.82 bits per heavy atom. The highest BCUT2D eigenvalue weighted by atomic mass is 35.5. The molecule has 0 saturated carbocycles. The number of hydrogen-bond donors (Lipinski definition) is 1. The molecule has 0 unspecified atom stereocenters. The van der Waals surface area contributed by atoms with E-state index in [9.17, 15) is 4.79 Å². The SMILES string of the molecule is Cc1cccc(-n2nn[nH]c2=O)c1CSc1ccc(-c2cccc(Cl)c2)cc1. The number of aromatic nitrogens is 4. The summed E-state index contributed by atoms with van der Waals surface area (Å²) in [6, 6.07) is 22.0. The summed E-state index contributed by atoms with van der Waals surface area (Å²) in [5.74, 6) is 0.720. The quantitative estimate of drug-likeness (QED) is 0.478. The van der Waals surface area contributed by atoms with Crippen LogP contribution in [0.1, 0.15) is 11.1 Å². The molecular weight excluding hydrogens is 392 g/mol. The lowest BCUT2D eigenvalue weighted by atomic mass is 10.1. The van der Waals surface area contributed by atoms with E-state index < -0.39 is 0 Å². The highest BCUT2D eigenvalue weighted by molar-refractivity contribution is 7.98. The van der Waals surface area contributed by atoms with Gasteiger partial charge in [-0.05, 0) is 69.9 Å². The first-order valence-electron chi connectivity index (χ1n) is 8.70. The molecule has 0 spiro atoms. The number of aromatic amines is 1. The van der Waals surface area contributed by atoms with Crippen LogP contribution in [-0.4, -0.2) is 20.2 Å². The molecule has 4 aromatic rings. The van der Waals surface area contributed by atoms with Crippen LogP contribution in [0.2, 0.25) is 5.02 Å². The Morgan fingerprint density at radius 3 is 2.54 bits per heavy atom. The summed E-state index contributed by atoms with van der Waals surface area (Å²) in [4.78, 5) is 13.1. The zero-order valence-corrected chi connectivity index (χ0v) is 16.7. The normalized spacial score (nSPS) is 10.9. The first-order valence-corrected chi connectivity index (χ1v) is 10.1. The molecular formula is C21H17ClN4OS. The van der Waals surface area contributed by atoms with Gasteiger partial charge in [-0.3, -0.25) is 0 Å². The average molecular weight is 409 g/mol. The van der Waals surface area contributed by atoms with Crippen molar-refractivity contribution in [3.63, 3.8) is 0 Å². The Morgan fingerprint density at radius 1 is 1.04 bits per heavy atom. The molecule has 3 aromatic carbocycles. The zero-order valence-electron chi connectivity index (χ0n) is 15.1. The first-order chi connectivity index (χ1) is 13.6. The van der Waals surface area contributed by atoms with E-state index in [1.807, 2.05) is 49.4 Å². The van der Waals surface area contributed by atoms with Crippen LogP contribution < -0.4 is 5.69 Å². The van der Waals surface area contributed by atoms with Crippen molar-refractivity contribution in [2.24, 2.45) is 0 Å². The summed E-state index contributed by atoms with van der Waals surface area (Å²) >= 11 is 7.80. The molecule has 0 saturated heterocycles. The summed E-state index contributed by atoms with van der Waals surface area (Å²) in [6.07, 6.45) is 0. The zero-order chi connectivity index (χ0) is 19.5. The van der Waals surface area contributed by atoms with E-state index >= 15 is 0 Å². The molecule has 5 nitrogen and oxygen atoms in total. The second-order valence-corrected chi connectivity index (χ2v) is 7.80. The van der Waals surface area contributed by atoms with Crippen LogP contribution in [0.25, 0.3) is 16.8 Å². The standard InChI is InChI=1S/C21H17ClN4OS/c1-14-4-2-7-20(26-21(27)23-24-25-26)19(14)13-28-18-10-8-15(9-11-18)16-5-3-6-17(22)12-16/h2-12H,13H2,1H3,(H,23,25,27). The molecule has 0 aliphatic carbocycles. The number of rotatable bonds is 5. The van der Waals surface area contributed by atoms with Crippen molar-refractivity contribution in [1.82, 2.24) is 20.2 Å². The predicted molar refractivity (Wildman–Crippen MR) is 113 cm³/mol. The summed E-state index contributed by atoms with van der Waals surface area (Å²) < 4.78 is 1.30. The minimum absolute atomic E-state index is 0.345. The maximum absolute atomic E-state index is 11.9. The Hall–Kier alpha value is -2.83. The number of nitrogens with zero attached hydrogens (tertiary/aromatic N) is 3. The van der Waals surface area contributed by atoms with Crippen molar-refractivity contribution in [3.8, 4) is 16.8 Å². The monoisotopic (exact) mass is 408 g/mol. The third kappa shape index (κ3) is 3.88. The van der Waals surface area contributed by atoms with Crippen LogP contribution in [0.3, 0.4) is 0 Å². The Kier molecular flexibility index (Phi) is 5.32. The van der Waals surface area contributed by atoms with E-state index in [0.717, 1.165) is 43.6 Å². The number of hydrogen-bond acceptors (Lipinski definition) is 4. The summed E-state index contributed by atoms with van der Waals surface area (Å²) in [6.45, 7) is 2.03. The topological polar surface area (TPSA) is 63.6 Å². The highest BCUT2D eigenvalue weighted by Gasteiger charge is 2.12. The lowest BCUT2D eigenvalue weighted by Gasteiger charge is -2.11. The average Bonchev–Trinajstić information content (AvgIpc) is 3.13. The van der Waals surface area contributed by atoms with Gasteiger partial charge in [-0.1, -0.05) is 48.0 Å². The lowest BCUT2D eigenvalue weighted by molar-refractivity contribution is 0.774. The molecule has 0 atom stereocenters. The van der Waals surface area contributed by atoms with Crippen LogP contribution in [0.5, 0.6) is 0 Å².